The van der Waals surface area contributed by atoms with Crippen molar-refractivity contribution in [2.75, 3.05) is 7.11 Å². The molecule has 1 aromatic rings. The SMILES string of the molecule is COC(=O)C=Cc1cc(Cl)ccc1C(=O)O. The molecule has 0 saturated heterocycles. The summed E-state index contributed by atoms with van der Waals surface area (Å²) in [7, 11) is 1.24. The highest BCUT2D eigenvalue weighted by Crippen LogP contribution is 2.17. The van der Waals surface area contributed by atoms with E-state index in [9.17, 15) is 9.59 Å². The van der Waals surface area contributed by atoms with Gasteiger partial charge in [-0.2, -0.15) is 0 Å². The number of esters is 1. The third-order valence-corrected chi connectivity index (χ3v) is 2.08. The first-order valence-electron chi connectivity index (χ1n) is 4.33. The van der Waals surface area contributed by atoms with Gasteiger partial charge in [-0.3, -0.25) is 0 Å². The number of carbonyl (C=O) groups is 2. The predicted molar refractivity (Wildman–Crippen MR) is 59.5 cm³/mol. The summed E-state index contributed by atoms with van der Waals surface area (Å²) in [5.41, 5.74) is 0.426. The number of rotatable bonds is 3. The Morgan fingerprint density at radius 1 is 1.44 bits per heavy atom. The largest absolute Gasteiger partial charge is 0.478 e. The molecule has 0 amide bonds. The number of hydrogen-bond acceptors (Lipinski definition) is 3. The number of carbonyl (C=O) groups excluding carboxylic acids is 1. The van der Waals surface area contributed by atoms with Gasteiger partial charge in [0.05, 0.1) is 12.7 Å². The van der Waals surface area contributed by atoms with Crippen molar-refractivity contribution in [3.05, 3.63) is 40.4 Å². The number of carboxylic acids is 1. The van der Waals surface area contributed by atoms with Crippen LogP contribution < -0.4 is 0 Å². The van der Waals surface area contributed by atoms with Crippen LogP contribution in [0.3, 0.4) is 0 Å². The fourth-order valence-electron chi connectivity index (χ4n) is 1.09. The van der Waals surface area contributed by atoms with Crippen molar-refractivity contribution in [1.29, 1.82) is 0 Å². The van der Waals surface area contributed by atoms with Crippen LogP contribution in [0.25, 0.3) is 6.08 Å². The summed E-state index contributed by atoms with van der Waals surface area (Å²) in [6, 6.07) is 4.31. The third-order valence-electron chi connectivity index (χ3n) is 1.84. The zero-order chi connectivity index (χ0) is 12.1. The summed E-state index contributed by atoms with van der Waals surface area (Å²) in [5, 5.41) is 9.28. The highest BCUT2D eigenvalue weighted by molar-refractivity contribution is 6.30. The van der Waals surface area contributed by atoms with E-state index in [2.05, 4.69) is 4.74 Å². The average molecular weight is 241 g/mol. The van der Waals surface area contributed by atoms with Gasteiger partial charge in [-0.1, -0.05) is 11.6 Å². The van der Waals surface area contributed by atoms with E-state index in [-0.39, 0.29) is 5.56 Å². The highest BCUT2D eigenvalue weighted by Gasteiger charge is 2.08. The van der Waals surface area contributed by atoms with Gasteiger partial charge in [0.15, 0.2) is 0 Å². The van der Waals surface area contributed by atoms with Crippen molar-refractivity contribution in [3.8, 4) is 0 Å². The molecule has 0 fully saturated rings. The number of benzene rings is 1. The van der Waals surface area contributed by atoms with Crippen molar-refractivity contribution in [1.82, 2.24) is 0 Å². The zero-order valence-electron chi connectivity index (χ0n) is 8.44. The molecule has 0 aromatic heterocycles. The Balaban J connectivity index is 3.10. The van der Waals surface area contributed by atoms with E-state index in [0.29, 0.717) is 10.6 Å². The summed E-state index contributed by atoms with van der Waals surface area (Å²) in [6.45, 7) is 0. The molecular weight excluding hydrogens is 232 g/mol. The van der Waals surface area contributed by atoms with Crippen LogP contribution >= 0.6 is 11.6 Å². The maximum absolute atomic E-state index is 10.9. The lowest BCUT2D eigenvalue weighted by atomic mass is 10.1. The van der Waals surface area contributed by atoms with Gasteiger partial charge >= 0.3 is 11.9 Å². The summed E-state index contributed by atoms with van der Waals surface area (Å²) in [4.78, 5) is 21.7. The lowest BCUT2D eigenvalue weighted by Gasteiger charge is -2.01. The van der Waals surface area contributed by atoms with Gasteiger partial charge in [0.25, 0.3) is 0 Å². The van der Waals surface area contributed by atoms with E-state index < -0.39 is 11.9 Å². The first-order chi connectivity index (χ1) is 7.54. The van der Waals surface area contributed by atoms with Crippen molar-refractivity contribution < 1.29 is 19.4 Å². The highest BCUT2D eigenvalue weighted by atomic mass is 35.5. The summed E-state index contributed by atoms with van der Waals surface area (Å²) < 4.78 is 4.40. The fraction of sp³-hybridized carbons (Fsp3) is 0.0909. The Bertz CT molecular complexity index is 451. The number of carboxylic acid groups (broad SMARTS) is 1. The van der Waals surface area contributed by atoms with Gasteiger partial charge in [-0.15, -0.1) is 0 Å². The molecule has 0 radical (unpaired) electrons. The Morgan fingerprint density at radius 2 is 2.12 bits per heavy atom. The number of aromatic carboxylic acids is 1. The van der Waals surface area contributed by atoms with Gasteiger partial charge in [-0.25, -0.2) is 9.59 Å². The second-order valence-corrected chi connectivity index (χ2v) is 3.33. The molecule has 0 bridgehead atoms. The van der Waals surface area contributed by atoms with E-state index >= 15 is 0 Å². The maximum Gasteiger partial charge on any atom is 0.336 e. The van der Waals surface area contributed by atoms with Crippen LogP contribution in [0.15, 0.2) is 24.3 Å². The molecule has 0 atom stereocenters. The van der Waals surface area contributed by atoms with Crippen LogP contribution in [0.4, 0.5) is 0 Å². The van der Waals surface area contributed by atoms with E-state index in [1.807, 2.05) is 0 Å². The van der Waals surface area contributed by atoms with Gasteiger partial charge in [-0.05, 0) is 29.8 Å². The zero-order valence-corrected chi connectivity index (χ0v) is 9.19. The molecule has 1 N–H and O–H groups in total. The van der Waals surface area contributed by atoms with Gasteiger partial charge in [0.2, 0.25) is 0 Å². The average Bonchev–Trinajstić information content (AvgIpc) is 2.25. The van der Waals surface area contributed by atoms with Gasteiger partial charge < -0.3 is 9.84 Å². The van der Waals surface area contributed by atoms with Crippen LogP contribution in [0, 0.1) is 0 Å². The minimum atomic E-state index is -1.08. The second-order valence-electron chi connectivity index (χ2n) is 2.89. The molecule has 84 valence electrons. The number of hydrogen-bond donors (Lipinski definition) is 1. The summed E-state index contributed by atoms with van der Waals surface area (Å²) in [6.07, 6.45) is 2.49. The Kier molecular flexibility index (Phi) is 4.08. The van der Waals surface area contributed by atoms with Crippen LogP contribution in [0.5, 0.6) is 0 Å². The molecule has 0 heterocycles. The smallest absolute Gasteiger partial charge is 0.336 e. The minimum Gasteiger partial charge on any atom is -0.478 e. The molecule has 1 rings (SSSR count). The molecule has 0 aliphatic rings. The number of halogens is 1. The van der Waals surface area contributed by atoms with Crippen molar-refractivity contribution >= 4 is 29.6 Å². The fourth-order valence-corrected chi connectivity index (χ4v) is 1.27. The molecule has 0 unspecified atom stereocenters. The van der Waals surface area contributed by atoms with Crippen LogP contribution in [0.2, 0.25) is 5.02 Å². The third kappa shape index (κ3) is 3.10. The van der Waals surface area contributed by atoms with Crippen LogP contribution in [-0.2, 0) is 9.53 Å². The lowest BCUT2D eigenvalue weighted by Crippen LogP contribution is -2.00. The molecule has 1 aromatic carbocycles. The van der Waals surface area contributed by atoms with E-state index in [0.717, 1.165) is 6.08 Å². The molecule has 0 aliphatic heterocycles. The molecule has 5 heteroatoms. The minimum absolute atomic E-state index is 0.0737. The molecule has 0 saturated carbocycles. The molecule has 0 aliphatic carbocycles. The monoisotopic (exact) mass is 240 g/mol. The molecule has 4 nitrogen and oxygen atoms in total. The number of methoxy groups -OCH3 is 1. The van der Waals surface area contributed by atoms with Crippen LogP contribution in [-0.4, -0.2) is 24.2 Å². The maximum atomic E-state index is 10.9. The standard InChI is InChI=1S/C11H9ClO4/c1-16-10(13)5-2-7-6-8(12)3-4-9(7)11(14)15/h2-6H,1H3,(H,14,15). The van der Waals surface area contributed by atoms with Gasteiger partial charge in [0.1, 0.15) is 0 Å². The lowest BCUT2D eigenvalue weighted by molar-refractivity contribution is -0.134. The first-order valence-corrected chi connectivity index (χ1v) is 4.71. The number of ether oxygens (including phenoxy) is 1. The second kappa shape index (κ2) is 5.32. The van der Waals surface area contributed by atoms with Crippen molar-refractivity contribution in [2.24, 2.45) is 0 Å². The summed E-state index contributed by atoms with van der Waals surface area (Å²) in [5.74, 6) is -1.64. The molecular formula is C11H9ClO4. The first kappa shape index (κ1) is 12.3. The Hall–Kier alpha value is -1.81. The van der Waals surface area contributed by atoms with E-state index in [1.165, 1.54) is 31.4 Å². The quantitative estimate of drug-likeness (QED) is 0.650. The van der Waals surface area contributed by atoms with Crippen LogP contribution in [0.1, 0.15) is 15.9 Å². The topological polar surface area (TPSA) is 63.6 Å². The van der Waals surface area contributed by atoms with Crippen molar-refractivity contribution in [2.45, 2.75) is 0 Å². The Labute approximate surface area is 97.1 Å². The van der Waals surface area contributed by atoms with Gasteiger partial charge in [0, 0.05) is 11.1 Å². The predicted octanol–water partition coefficient (Wildman–Crippen LogP) is 2.22. The normalized spacial score (nSPS) is 10.4. The summed E-state index contributed by atoms with van der Waals surface area (Å²) >= 11 is 5.73. The molecule has 16 heavy (non-hydrogen) atoms. The van der Waals surface area contributed by atoms with Crippen molar-refractivity contribution in [3.63, 3.8) is 0 Å². The van der Waals surface area contributed by atoms with E-state index in [1.54, 1.807) is 0 Å². The Morgan fingerprint density at radius 3 is 2.69 bits per heavy atom. The molecule has 0 spiro atoms. The van der Waals surface area contributed by atoms with E-state index in [4.69, 9.17) is 16.7 Å².